The summed E-state index contributed by atoms with van der Waals surface area (Å²) in [5.74, 6) is -1.62. The SMILES string of the molecule is O=C(O)c1cc2c(cc1F)OCC2Br. The van der Waals surface area contributed by atoms with Crippen molar-refractivity contribution >= 4 is 21.9 Å². The third-order valence-electron chi connectivity index (χ3n) is 2.05. The van der Waals surface area contributed by atoms with Gasteiger partial charge in [-0.05, 0) is 6.07 Å². The molecule has 1 aliphatic rings. The van der Waals surface area contributed by atoms with Gasteiger partial charge in [0.25, 0.3) is 0 Å². The van der Waals surface area contributed by atoms with Crippen LogP contribution in [0.1, 0.15) is 20.7 Å². The first-order valence-electron chi connectivity index (χ1n) is 3.93. The second kappa shape index (κ2) is 3.24. The van der Waals surface area contributed by atoms with Crippen molar-refractivity contribution in [1.82, 2.24) is 0 Å². The highest BCUT2D eigenvalue weighted by molar-refractivity contribution is 9.09. The van der Waals surface area contributed by atoms with Gasteiger partial charge in [-0.1, -0.05) is 15.9 Å². The van der Waals surface area contributed by atoms with Crippen molar-refractivity contribution in [3.8, 4) is 5.75 Å². The van der Waals surface area contributed by atoms with E-state index in [1.165, 1.54) is 6.07 Å². The fourth-order valence-electron chi connectivity index (χ4n) is 1.36. The Morgan fingerprint density at radius 1 is 1.64 bits per heavy atom. The van der Waals surface area contributed by atoms with Gasteiger partial charge in [0.2, 0.25) is 0 Å². The summed E-state index contributed by atoms with van der Waals surface area (Å²) in [6, 6.07) is 2.42. The number of rotatable bonds is 1. The Hall–Kier alpha value is -1.10. The number of carbonyl (C=O) groups is 1. The second-order valence-corrected chi connectivity index (χ2v) is 4.06. The number of benzene rings is 1. The van der Waals surface area contributed by atoms with Gasteiger partial charge < -0.3 is 9.84 Å². The Morgan fingerprint density at radius 3 is 3.00 bits per heavy atom. The van der Waals surface area contributed by atoms with Gasteiger partial charge in [-0.25, -0.2) is 9.18 Å². The molecular formula is C9H6BrFO3. The van der Waals surface area contributed by atoms with E-state index in [0.717, 1.165) is 6.07 Å². The maximum Gasteiger partial charge on any atom is 0.338 e. The average molecular weight is 261 g/mol. The Labute approximate surface area is 87.6 Å². The number of carboxylic acid groups (broad SMARTS) is 1. The average Bonchev–Trinajstić information content (AvgIpc) is 2.46. The van der Waals surface area contributed by atoms with E-state index in [9.17, 15) is 9.18 Å². The topological polar surface area (TPSA) is 46.5 Å². The van der Waals surface area contributed by atoms with E-state index in [-0.39, 0.29) is 10.4 Å². The van der Waals surface area contributed by atoms with Crippen LogP contribution in [-0.4, -0.2) is 17.7 Å². The van der Waals surface area contributed by atoms with E-state index >= 15 is 0 Å². The summed E-state index contributed by atoms with van der Waals surface area (Å²) in [7, 11) is 0. The van der Waals surface area contributed by atoms with Gasteiger partial charge in [-0.2, -0.15) is 0 Å². The Balaban J connectivity index is 2.57. The first-order chi connectivity index (χ1) is 6.59. The van der Waals surface area contributed by atoms with Gasteiger partial charge in [0.1, 0.15) is 18.2 Å². The molecule has 1 atom stereocenters. The minimum Gasteiger partial charge on any atom is -0.492 e. The molecule has 1 aliphatic heterocycles. The standard InChI is InChI=1S/C9H6BrFO3/c10-6-3-14-8-2-7(11)5(9(12)13)1-4(6)8/h1-2,6H,3H2,(H,12,13). The van der Waals surface area contributed by atoms with Crippen molar-refractivity contribution in [2.45, 2.75) is 4.83 Å². The van der Waals surface area contributed by atoms with Gasteiger partial charge in [-0.3, -0.25) is 0 Å². The molecule has 0 radical (unpaired) electrons. The molecule has 5 heteroatoms. The van der Waals surface area contributed by atoms with Crippen LogP contribution in [0, 0.1) is 5.82 Å². The van der Waals surface area contributed by atoms with Crippen molar-refractivity contribution in [1.29, 1.82) is 0 Å². The lowest BCUT2D eigenvalue weighted by molar-refractivity contribution is 0.0692. The number of fused-ring (bicyclic) bond motifs is 1. The van der Waals surface area contributed by atoms with Crippen molar-refractivity contribution in [2.24, 2.45) is 0 Å². The molecular weight excluding hydrogens is 255 g/mol. The molecule has 1 N–H and O–H groups in total. The zero-order valence-corrected chi connectivity index (χ0v) is 8.54. The zero-order valence-electron chi connectivity index (χ0n) is 6.96. The molecule has 0 saturated heterocycles. The van der Waals surface area contributed by atoms with Crippen LogP contribution in [-0.2, 0) is 0 Å². The first-order valence-corrected chi connectivity index (χ1v) is 4.85. The highest BCUT2D eigenvalue weighted by atomic mass is 79.9. The lowest BCUT2D eigenvalue weighted by Gasteiger charge is -2.02. The normalized spacial score (nSPS) is 18.9. The van der Waals surface area contributed by atoms with E-state index in [1.807, 2.05) is 0 Å². The molecule has 0 bridgehead atoms. The molecule has 3 nitrogen and oxygen atoms in total. The van der Waals surface area contributed by atoms with Crippen molar-refractivity contribution in [3.63, 3.8) is 0 Å². The Bertz CT molecular complexity index is 405. The maximum absolute atomic E-state index is 13.1. The molecule has 14 heavy (non-hydrogen) atoms. The number of carboxylic acids is 1. The quantitative estimate of drug-likeness (QED) is 0.789. The largest absolute Gasteiger partial charge is 0.492 e. The minimum absolute atomic E-state index is 0.0591. The maximum atomic E-state index is 13.1. The van der Waals surface area contributed by atoms with Crippen molar-refractivity contribution in [2.75, 3.05) is 6.61 Å². The van der Waals surface area contributed by atoms with Gasteiger partial charge in [0.05, 0.1) is 10.4 Å². The molecule has 1 unspecified atom stereocenters. The predicted octanol–water partition coefficient (Wildman–Crippen LogP) is 2.35. The molecule has 1 aromatic carbocycles. The van der Waals surface area contributed by atoms with Crippen molar-refractivity contribution < 1.29 is 19.0 Å². The fraction of sp³-hybridized carbons (Fsp3) is 0.222. The third-order valence-corrected chi connectivity index (χ3v) is 2.81. The van der Waals surface area contributed by atoms with Crippen LogP contribution >= 0.6 is 15.9 Å². The number of ether oxygens (including phenoxy) is 1. The summed E-state index contributed by atoms with van der Waals surface area (Å²) in [4.78, 5) is 10.6. The van der Waals surface area contributed by atoms with Crippen LogP contribution in [0.25, 0.3) is 0 Å². The lowest BCUT2D eigenvalue weighted by Crippen LogP contribution is -2.01. The van der Waals surface area contributed by atoms with Crippen LogP contribution in [0.5, 0.6) is 5.75 Å². The first kappa shape index (κ1) is 9.45. The van der Waals surface area contributed by atoms with Crippen LogP contribution in [0.3, 0.4) is 0 Å². The molecule has 0 amide bonds. The molecule has 0 aromatic heterocycles. The van der Waals surface area contributed by atoms with E-state index in [1.54, 1.807) is 0 Å². The van der Waals surface area contributed by atoms with Gasteiger partial charge in [-0.15, -0.1) is 0 Å². The summed E-state index contributed by atoms with van der Waals surface area (Å²) >= 11 is 3.30. The van der Waals surface area contributed by atoms with Crippen LogP contribution in [0.4, 0.5) is 4.39 Å². The Kier molecular flexibility index (Phi) is 2.19. The van der Waals surface area contributed by atoms with E-state index in [2.05, 4.69) is 15.9 Å². The highest BCUT2D eigenvalue weighted by Gasteiger charge is 2.25. The number of hydrogen-bond acceptors (Lipinski definition) is 2. The minimum atomic E-state index is -1.27. The fourth-order valence-corrected chi connectivity index (χ4v) is 1.85. The van der Waals surface area contributed by atoms with Crippen molar-refractivity contribution in [3.05, 3.63) is 29.1 Å². The molecule has 2 rings (SSSR count). The third kappa shape index (κ3) is 1.37. The number of hydrogen-bond donors (Lipinski definition) is 1. The second-order valence-electron chi connectivity index (χ2n) is 2.95. The zero-order chi connectivity index (χ0) is 10.3. The summed E-state index contributed by atoms with van der Waals surface area (Å²) in [6.07, 6.45) is 0. The molecule has 1 aromatic rings. The molecule has 1 heterocycles. The van der Waals surface area contributed by atoms with Crippen LogP contribution in [0.15, 0.2) is 12.1 Å². The van der Waals surface area contributed by atoms with Crippen LogP contribution < -0.4 is 4.74 Å². The molecule has 0 saturated carbocycles. The number of halogens is 2. The highest BCUT2D eigenvalue weighted by Crippen LogP contribution is 2.38. The number of aromatic carboxylic acids is 1. The number of alkyl halides is 1. The van der Waals surface area contributed by atoms with Gasteiger partial charge in [0, 0.05) is 11.6 Å². The van der Waals surface area contributed by atoms with Gasteiger partial charge in [0.15, 0.2) is 0 Å². The molecule has 0 aliphatic carbocycles. The summed E-state index contributed by atoms with van der Waals surface area (Å²) < 4.78 is 18.3. The predicted molar refractivity (Wildman–Crippen MR) is 50.5 cm³/mol. The summed E-state index contributed by atoms with van der Waals surface area (Å²) in [5, 5.41) is 8.69. The summed E-state index contributed by atoms with van der Waals surface area (Å²) in [5.41, 5.74) is 0.363. The van der Waals surface area contributed by atoms with E-state index < -0.39 is 11.8 Å². The summed E-state index contributed by atoms with van der Waals surface area (Å²) in [6.45, 7) is 0.401. The smallest absolute Gasteiger partial charge is 0.338 e. The lowest BCUT2D eigenvalue weighted by atomic mass is 10.1. The van der Waals surface area contributed by atoms with E-state index in [4.69, 9.17) is 9.84 Å². The van der Waals surface area contributed by atoms with E-state index in [0.29, 0.717) is 17.9 Å². The van der Waals surface area contributed by atoms with Gasteiger partial charge >= 0.3 is 5.97 Å². The molecule has 0 spiro atoms. The van der Waals surface area contributed by atoms with Crippen LogP contribution in [0.2, 0.25) is 0 Å². The monoisotopic (exact) mass is 260 g/mol. The molecule has 0 fully saturated rings. The Morgan fingerprint density at radius 2 is 2.36 bits per heavy atom. The molecule has 74 valence electrons.